The van der Waals surface area contributed by atoms with Gasteiger partial charge in [0.25, 0.3) is 0 Å². The molecule has 1 atom stereocenters. The van der Waals surface area contributed by atoms with Gasteiger partial charge in [-0.1, -0.05) is 12.1 Å². The second-order valence-electron chi connectivity index (χ2n) is 2.87. The second-order valence-corrected chi connectivity index (χ2v) is 2.87. The minimum absolute atomic E-state index is 0.0787. The molecule has 2 N–H and O–H groups in total. The van der Waals surface area contributed by atoms with Crippen molar-refractivity contribution in [1.29, 1.82) is 0 Å². The van der Waals surface area contributed by atoms with Gasteiger partial charge in [-0.05, 0) is 6.07 Å². The van der Waals surface area contributed by atoms with E-state index in [2.05, 4.69) is 0 Å². The molecular formula is C9H11NO5. The molecule has 1 rings (SSSR count). The predicted octanol–water partition coefficient (Wildman–Crippen LogP) is 0.327. The van der Waals surface area contributed by atoms with Gasteiger partial charge in [-0.3, -0.25) is 10.1 Å². The van der Waals surface area contributed by atoms with Gasteiger partial charge in [-0.15, -0.1) is 0 Å². The summed E-state index contributed by atoms with van der Waals surface area (Å²) in [6.07, 6.45) is -1.04. The standard InChI is InChI=1S/C9H11NO5/c11-5-7(12)6-15-9-4-2-1-3-8(9)10(13)14/h1-4,7,11-12H,5-6H2/t7-/m0/s1. The summed E-state index contributed by atoms with van der Waals surface area (Å²) in [4.78, 5) is 9.98. The molecule has 0 unspecified atom stereocenters. The van der Waals surface area contributed by atoms with Gasteiger partial charge in [-0.25, -0.2) is 0 Å². The number of nitro benzene ring substituents is 1. The minimum Gasteiger partial charge on any atom is -0.484 e. The second kappa shape index (κ2) is 5.28. The summed E-state index contributed by atoms with van der Waals surface area (Å²) >= 11 is 0. The molecule has 0 radical (unpaired) electrons. The van der Waals surface area contributed by atoms with Crippen molar-refractivity contribution >= 4 is 5.69 Å². The molecular weight excluding hydrogens is 202 g/mol. The number of rotatable bonds is 5. The Morgan fingerprint density at radius 2 is 2.13 bits per heavy atom. The molecule has 0 heterocycles. The fourth-order valence-corrected chi connectivity index (χ4v) is 0.969. The van der Waals surface area contributed by atoms with Gasteiger partial charge >= 0.3 is 5.69 Å². The van der Waals surface area contributed by atoms with Crippen LogP contribution in [0.15, 0.2) is 24.3 Å². The number of hydrogen-bond acceptors (Lipinski definition) is 5. The van der Waals surface area contributed by atoms with E-state index in [9.17, 15) is 10.1 Å². The number of hydrogen-bond donors (Lipinski definition) is 2. The van der Waals surface area contributed by atoms with Gasteiger partial charge in [-0.2, -0.15) is 0 Å². The molecule has 1 aromatic rings. The molecule has 0 aromatic heterocycles. The van der Waals surface area contributed by atoms with Crippen molar-refractivity contribution in [2.45, 2.75) is 6.10 Å². The lowest BCUT2D eigenvalue weighted by Crippen LogP contribution is -2.21. The van der Waals surface area contributed by atoms with E-state index >= 15 is 0 Å². The number of aliphatic hydroxyl groups is 2. The Morgan fingerprint density at radius 1 is 1.47 bits per heavy atom. The quantitative estimate of drug-likeness (QED) is 0.543. The van der Waals surface area contributed by atoms with Crippen LogP contribution in [0.25, 0.3) is 0 Å². The number of ether oxygens (including phenoxy) is 1. The van der Waals surface area contributed by atoms with E-state index in [0.717, 1.165) is 0 Å². The van der Waals surface area contributed by atoms with E-state index in [4.69, 9.17) is 14.9 Å². The Hall–Kier alpha value is -1.66. The third kappa shape index (κ3) is 3.19. The first-order valence-corrected chi connectivity index (χ1v) is 4.30. The van der Waals surface area contributed by atoms with Gasteiger partial charge in [0, 0.05) is 6.07 Å². The maximum Gasteiger partial charge on any atom is 0.310 e. The van der Waals surface area contributed by atoms with Crippen molar-refractivity contribution < 1.29 is 19.9 Å². The summed E-state index contributed by atoms with van der Waals surface area (Å²) in [5.41, 5.74) is -0.164. The van der Waals surface area contributed by atoms with Gasteiger partial charge in [0.1, 0.15) is 12.7 Å². The first-order valence-electron chi connectivity index (χ1n) is 4.30. The summed E-state index contributed by atoms with van der Waals surface area (Å²) < 4.78 is 5.00. The maximum atomic E-state index is 10.5. The molecule has 6 nitrogen and oxygen atoms in total. The summed E-state index contributed by atoms with van der Waals surface area (Å²) in [5.74, 6) is 0.0787. The number of para-hydroxylation sites is 2. The SMILES string of the molecule is O=[N+]([O-])c1ccccc1OC[C@@H](O)CO. The van der Waals surface area contributed by atoms with E-state index in [-0.39, 0.29) is 18.0 Å². The lowest BCUT2D eigenvalue weighted by atomic mass is 10.3. The van der Waals surface area contributed by atoms with Crippen LogP contribution in [0.2, 0.25) is 0 Å². The Kier molecular flexibility index (Phi) is 4.02. The van der Waals surface area contributed by atoms with Crippen molar-refractivity contribution in [1.82, 2.24) is 0 Å². The molecule has 0 amide bonds. The summed E-state index contributed by atoms with van der Waals surface area (Å²) in [6, 6.07) is 5.85. The summed E-state index contributed by atoms with van der Waals surface area (Å²) in [7, 11) is 0. The number of nitrogens with zero attached hydrogens (tertiary/aromatic N) is 1. The molecule has 0 saturated carbocycles. The highest BCUT2D eigenvalue weighted by Gasteiger charge is 2.14. The molecule has 82 valence electrons. The number of benzene rings is 1. The fraction of sp³-hybridized carbons (Fsp3) is 0.333. The first kappa shape index (κ1) is 11.4. The molecule has 0 saturated heterocycles. The van der Waals surface area contributed by atoms with Crippen molar-refractivity contribution in [2.75, 3.05) is 13.2 Å². The molecule has 0 fully saturated rings. The monoisotopic (exact) mass is 213 g/mol. The lowest BCUT2D eigenvalue weighted by molar-refractivity contribution is -0.385. The van der Waals surface area contributed by atoms with E-state index in [1.807, 2.05) is 0 Å². The van der Waals surface area contributed by atoms with Gasteiger partial charge in [0.2, 0.25) is 0 Å². The van der Waals surface area contributed by atoms with Crippen LogP contribution in [-0.2, 0) is 0 Å². The van der Waals surface area contributed by atoms with Crippen LogP contribution in [0.5, 0.6) is 5.75 Å². The summed E-state index contributed by atoms with van der Waals surface area (Å²) in [5, 5.41) is 28.1. The Morgan fingerprint density at radius 3 is 2.73 bits per heavy atom. The average Bonchev–Trinajstić information content (AvgIpc) is 2.26. The minimum atomic E-state index is -1.04. The highest BCUT2D eigenvalue weighted by Crippen LogP contribution is 2.25. The topological polar surface area (TPSA) is 92.8 Å². The molecule has 0 aliphatic rings. The normalized spacial score (nSPS) is 12.1. The van der Waals surface area contributed by atoms with Crippen molar-refractivity contribution in [3.8, 4) is 5.75 Å². The average molecular weight is 213 g/mol. The third-order valence-electron chi connectivity index (χ3n) is 1.70. The number of aliphatic hydroxyl groups excluding tert-OH is 2. The van der Waals surface area contributed by atoms with Crippen LogP contribution in [-0.4, -0.2) is 34.5 Å². The molecule has 0 aliphatic carbocycles. The van der Waals surface area contributed by atoms with Crippen molar-refractivity contribution in [3.63, 3.8) is 0 Å². The first-order chi connectivity index (χ1) is 7.15. The molecule has 0 bridgehead atoms. The number of nitro groups is 1. The molecule has 1 aromatic carbocycles. The third-order valence-corrected chi connectivity index (χ3v) is 1.70. The van der Waals surface area contributed by atoms with Gasteiger partial charge in [0.15, 0.2) is 5.75 Å². The fourth-order valence-electron chi connectivity index (χ4n) is 0.969. The van der Waals surface area contributed by atoms with E-state index in [1.54, 1.807) is 6.07 Å². The van der Waals surface area contributed by atoms with Crippen molar-refractivity contribution in [2.24, 2.45) is 0 Å². The van der Waals surface area contributed by atoms with Gasteiger partial charge in [0.05, 0.1) is 11.5 Å². The highest BCUT2D eigenvalue weighted by molar-refractivity contribution is 5.45. The Labute approximate surface area is 85.9 Å². The highest BCUT2D eigenvalue weighted by atomic mass is 16.6. The largest absolute Gasteiger partial charge is 0.484 e. The van der Waals surface area contributed by atoms with Crippen LogP contribution >= 0.6 is 0 Å². The lowest BCUT2D eigenvalue weighted by Gasteiger charge is -2.09. The zero-order chi connectivity index (χ0) is 11.3. The molecule has 0 spiro atoms. The van der Waals surface area contributed by atoms with E-state index in [1.165, 1.54) is 18.2 Å². The zero-order valence-electron chi connectivity index (χ0n) is 7.87. The summed E-state index contributed by atoms with van der Waals surface area (Å²) in [6.45, 7) is -0.623. The maximum absolute atomic E-state index is 10.5. The molecule has 6 heteroatoms. The predicted molar refractivity (Wildman–Crippen MR) is 51.7 cm³/mol. The van der Waals surface area contributed by atoms with Crippen LogP contribution in [0.1, 0.15) is 0 Å². The van der Waals surface area contributed by atoms with E-state index in [0.29, 0.717) is 0 Å². The Bertz CT molecular complexity index is 341. The smallest absolute Gasteiger partial charge is 0.310 e. The van der Waals surface area contributed by atoms with Crippen LogP contribution in [0, 0.1) is 10.1 Å². The van der Waals surface area contributed by atoms with Crippen molar-refractivity contribution in [3.05, 3.63) is 34.4 Å². The molecule has 0 aliphatic heterocycles. The van der Waals surface area contributed by atoms with Crippen LogP contribution in [0.3, 0.4) is 0 Å². The van der Waals surface area contributed by atoms with Crippen LogP contribution in [0.4, 0.5) is 5.69 Å². The molecule has 15 heavy (non-hydrogen) atoms. The van der Waals surface area contributed by atoms with Gasteiger partial charge < -0.3 is 14.9 Å². The Balaban J connectivity index is 2.72. The zero-order valence-corrected chi connectivity index (χ0v) is 7.87. The van der Waals surface area contributed by atoms with E-state index < -0.39 is 17.6 Å². The van der Waals surface area contributed by atoms with Crippen LogP contribution < -0.4 is 4.74 Å².